The zero-order chi connectivity index (χ0) is 32.0. The highest BCUT2D eigenvalue weighted by Crippen LogP contribution is 2.52. The minimum atomic E-state index is -4.12. The molecule has 5 atom stereocenters. The maximum Gasteiger partial charge on any atom is 0.410 e. The summed E-state index contributed by atoms with van der Waals surface area (Å²) in [5, 5.41) is 15.6. The number of benzene rings is 2. The van der Waals surface area contributed by atoms with Gasteiger partial charge < -0.3 is 20.5 Å². The van der Waals surface area contributed by atoms with E-state index >= 15 is 0 Å². The van der Waals surface area contributed by atoms with Gasteiger partial charge in [0.05, 0.1) is 27.9 Å². The average molecular weight is 658 g/mol. The molecule has 1 aliphatic heterocycles. The Kier molecular flexibility index (Phi) is 8.89. The van der Waals surface area contributed by atoms with Gasteiger partial charge in [0.1, 0.15) is 6.04 Å². The number of rotatable bonds is 7. The summed E-state index contributed by atoms with van der Waals surface area (Å²) in [6.45, 7) is 0.287. The van der Waals surface area contributed by atoms with Crippen LogP contribution in [0.1, 0.15) is 48.9 Å². The Morgan fingerprint density at radius 1 is 1.07 bits per heavy atom. The van der Waals surface area contributed by atoms with Crippen molar-refractivity contribution in [2.24, 2.45) is 11.8 Å². The summed E-state index contributed by atoms with van der Waals surface area (Å²) in [7, 11) is -2.88. The third-order valence-corrected chi connectivity index (χ3v) is 11.7. The molecular formula is C29H31ClF3N3O7S. The van der Waals surface area contributed by atoms with Gasteiger partial charge in [0.2, 0.25) is 5.91 Å². The van der Waals surface area contributed by atoms with Crippen LogP contribution in [-0.2, 0) is 19.4 Å². The molecule has 2 aromatic carbocycles. The maximum atomic E-state index is 13.8. The molecule has 2 aromatic rings. The van der Waals surface area contributed by atoms with Crippen molar-refractivity contribution in [2.75, 3.05) is 25.5 Å². The first-order chi connectivity index (χ1) is 20.8. The number of carbonyl (C=O) groups excluding carboxylic acids is 3. The summed E-state index contributed by atoms with van der Waals surface area (Å²) < 4.78 is 72.8. The van der Waals surface area contributed by atoms with Crippen molar-refractivity contribution in [3.8, 4) is 0 Å². The lowest BCUT2D eigenvalue weighted by molar-refractivity contribution is -0.128. The van der Waals surface area contributed by atoms with Crippen LogP contribution < -0.4 is 10.6 Å². The van der Waals surface area contributed by atoms with Crippen molar-refractivity contribution in [1.29, 1.82) is 0 Å². The topological polar surface area (TPSA) is 142 Å². The molecule has 2 saturated carbocycles. The van der Waals surface area contributed by atoms with E-state index in [1.165, 1.54) is 24.1 Å². The lowest BCUT2D eigenvalue weighted by Gasteiger charge is -2.42. The van der Waals surface area contributed by atoms with E-state index in [9.17, 15) is 41.1 Å². The molecule has 3 N–H and O–H groups in total. The molecule has 5 rings (SSSR count). The Morgan fingerprint density at radius 3 is 2.32 bits per heavy atom. The molecule has 3 aliphatic rings. The number of likely N-dealkylation sites (tertiary alicyclic amines) is 1. The van der Waals surface area contributed by atoms with Crippen LogP contribution in [0.3, 0.4) is 0 Å². The zero-order valence-electron chi connectivity index (χ0n) is 23.6. The standard InChI is InChI=1S/C29H31ClF3N3O7S/c1-43-28(39)36-8-2-3-23(36)27(38)34-14-29(40)16-5-6-17(29)11-19(10-16)44(41,42)24-9-15(4-7-20(24)30)26(37)35-18-12-21(31)25(33)22(32)13-18/h4,7,9,12-13,16-17,19,23,40H,2-3,5-6,8,10-11,14H2,1H3,(H,34,38)(H,35,37)/t16-,17?,19-,23?,29-/m0/s1. The normalized spacial score (nSPS) is 26.4. The molecule has 3 fully saturated rings. The maximum absolute atomic E-state index is 13.8. The second-order valence-corrected chi connectivity index (χ2v) is 14.1. The first-order valence-corrected chi connectivity index (χ1v) is 16.0. The number of fused-ring (bicyclic) bond motifs is 2. The molecule has 2 bridgehead atoms. The number of nitrogens with one attached hydrogen (secondary N) is 2. The zero-order valence-corrected chi connectivity index (χ0v) is 25.2. The number of sulfone groups is 1. The van der Waals surface area contributed by atoms with Crippen molar-refractivity contribution < 1.29 is 45.8 Å². The Labute approximate surface area is 256 Å². The third kappa shape index (κ3) is 5.86. The largest absolute Gasteiger partial charge is 0.453 e. The lowest BCUT2D eigenvalue weighted by Crippen LogP contribution is -2.56. The minimum absolute atomic E-state index is 0.0871. The van der Waals surface area contributed by atoms with Crippen molar-refractivity contribution >= 4 is 45.0 Å². The van der Waals surface area contributed by atoms with Gasteiger partial charge in [-0.2, -0.15) is 0 Å². The van der Waals surface area contributed by atoms with Gasteiger partial charge in [-0.3, -0.25) is 14.5 Å². The van der Waals surface area contributed by atoms with E-state index in [2.05, 4.69) is 10.6 Å². The highest BCUT2D eigenvalue weighted by atomic mass is 35.5. The summed E-state index contributed by atoms with van der Waals surface area (Å²) in [4.78, 5) is 38.8. The number of amides is 3. The Bertz CT molecular complexity index is 1570. The molecule has 1 heterocycles. The fraction of sp³-hybridized carbons (Fsp3) is 0.483. The summed E-state index contributed by atoms with van der Waals surface area (Å²) in [5.74, 6) is -6.92. The highest BCUT2D eigenvalue weighted by molar-refractivity contribution is 7.92. The van der Waals surface area contributed by atoms with Crippen LogP contribution in [0.15, 0.2) is 35.2 Å². The Morgan fingerprint density at radius 2 is 1.70 bits per heavy atom. The monoisotopic (exact) mass is 657 g/mol. The van der Waals surface area contributed by atoms with Gasteiger partial charge in [0.25, 0.3) is 5.91 Å². The van der Waals surface area contributed by atoms with Crippen LogP contribution >= 0.6 is 11.6 Å². The average Bonchev–Trinajstić information content (AvgIpc) is 3.51. The fourth-order valence-corrected chi connectivity index (χ4v) is 9.15. The molecule has 10 nitrogen and oxygen atoms in total. The van der Waals surface area contributed by atoms with E-state index in [1.807, 2.05) is 0 Å². The summed E-state index contributed by atoms with van der Waals surface area (Å²) in [6, 6.07) is 4.00. The van der Waals surface area contributed by atoms with E-state index < -0.39 is 73.9 Å². The number of nitrogens with zero attached hydrogens (tertiary/aromatic N) is 1. The van der Waals surface area contributed by atoms with E-state index in [4.69, 9.17) is 16.3 Å². The van der Waals surface area contributed by atoms with E-state index in [0.717, 1.165) is 6.07 Å². The van der Waals surface area contributed by atoms with Crippen LogP contribution in [0.4, 0.5) is 23.7 Å². The predicted octanol–water partition coefficient (Wildman–Crippen LogP) is 4.05. The minimum Gasteiger partial charge on any atom is -0.453 e. The number of methoxy groups -OCH3 is 1. The summed E-state index contributed by atoms with van der Waals surface area (Å²) in [5.41, 5.74) is -1.88. The SMILES string of the molecule is COC(=O)N1CCCC1C(=O)NC[C@@]1(O)C2CC[C@H]1C[C@H](S(=O)(=O)c1cc(C(=O)Nc3cc(F)c(F)c(F)c3)ccc1Cl)C2. The molecule has 3 amide bonds. The van der Waals surface area contributed by atoms with Crippen LogP contribution in [0, 0.1) is 29.3 Å². The molecule has 0 aromatic heterocycles. The first-order valence-electron chi connectivity index (χ1n) is 14.1. The molecule has 0 spiro atoms. The molecule has 238 valence electrons. The number of carbonyl (C=O) groups is 3. The Hall–Kier alpha value is -3.36. The van der Waals surface area contributed by atoms with Gasteiger partial charge in [0.15, 0.2) is 27.3 Å². The second kappa shape index (κ2) is 12.2. The smallest absolute Gasteiger partial charge is 0.410 e. The van der Waals surface area contributed by atoms with Gasteiger partial charge in [-0.25, -0.2) is 26.4 Å². The fourth-order valence-electron chi connectivity index (χ4n) is 6.75. The third-order valence-electron chi connectivity index (χ3n) is 9.06. The Balaban J connectivity index is 1.29. The van der Waals surface area contributed by atoms with Gasteiger partial charge in [0, 0.05) is 36.5 Å². The number of aliphatic hydroxyl groups is 1. The number of anilines is 1. The van der Waals surface area contributed by atoms with Gasteiger partial charge >= 0.3 is 6.09 Å². The number of ether oxygens (including phenoxy) is 1. The van der Waals surface area contributed by atoms with Gasteiger partial charge in [-0.05, 0) is 68.6 Å². The lowest BCUT2D eigenvalue weighted by atomic mass is 9.74. The summed E-state index contributed by atoms with van der Waals surface area (Å²) >= 11 is 6.27. The molecular weight excluding hydrogens is 627 g/mol. The van der Waals surface area contributed by atoms with Crippen molar-refractivity contribution in [2.45, 2.75) is 60.3 Å². The van der Waals surface area contributed by atoms with Crippen molar-refractivity contribution in [3.63, 3.8) is 0 Å². The molecule has 2 unspecified atom stereocenters. The number of halogens is 4. The first kappa shape index (κ1) is 32.0. The van der Waals surface area contributed by atoms with Crippen LogP contribution in [0.25, 0.3) is 0 Å². The van der Waals surface area contributed by atoms with Crippen LogP contribution in [-0.4, -0.2) is 73.4 Å². The van der Waals surface area contributed by atoms with Crippen molar-refractivity contribution in [3.05, 3.63) is 58.4 Å². The van der Waals surface area contributed by atoms with Gasteiger partial charge in [-0.1, -0.05) is 11.6 Å². The highest BCUT2D eigenvalue weighted by Gasteiger charge is 2.56. The van der Waals surface area contributed by atoms with Crippen molar-refractivity contribution in [1.82, 2.24) is 10.2 Å². The predicted molar refractivity (Wildman–Crippen MR) is 152 cm³/mol. The van der Waals surface area contributed by atoms with E-state index in [-0.39, 0.29) is 40.6 Å². The van der Waals surface area contributed by atoms with Crippen LogP contribution in [0.2, 0.25) is 5.02 Å². The molecule has 15 heteroatoms. The summed E-state index contributed by atoms with van der Waals surface area (Å²) in [6.07, 6.45) is 1.75. The second-order valence-electron chi connectivity index (χ2n) is 11.5. The van der Waals surface area contributed by atoms with E-state index in [0.29, 0.717) is 44.4 Å². The van der Waals surface area contributed by atoms with E-state index in [1.54, 1.807) is 0 Å². The number of hydrogen-bond donors (Lipinski definition) is 3. The molecule has 0 radical (unpaired) electrons. The number of hydrogen-bond acceptors (Lipinski definition) is 7. The quantitative estimate of drug-likeness (QED) is 0.382. The van der Waals surface area contributed by atoms with Crippen LogP contribution in [0.5, 0.6) is 0 Å². The van der Waals surface area contributed by atoms with Gasteiger partial charge in [-0.15, -0.1) is 0 Å². The molecule has 1 saturated heterocycles. The molecule has 2 aliphatic carbocycles. The molecule has 44 heavy (non-hydrogen) atoms.